The van der Waals surface area contributed by atoms with Gasteiger partial charge in [-0.3, -0.25) is 0 Å². The molecule has 20 heavy (non-hydrogen) atoms. The Morgan fingerprint density at radius 1 is 1.40 bits per heavy atom. The number of nitrogens with one attached hydrogen (secondary N) is 1. The van der Waals surface area contributed by atoms with Crippen molar-refractivity contribution in [3.8, 4) is 0 Å². The van der Waals surface area contributed by atoms with Crippen LogP contribution in [0.25, 0.3) is 0 Å². The van der Waals surface area contributed by atoms with Crippen LogP contribution in [-0.2, 0) is 21.7 Å². The molecule has 0 aromatic carbocycles. The van der Waals surface area contributed by atoms with Crippen LogP contribution < -0.4 is 5.32 Å². The highest BCUT2D eigenvalue weighted by molar-refractivity contribution is 5.36. The number of anilines is 1. The molecule has 1 atom stereocenters. The van der Waals surface area contributed by atoms with Gasteiger partial charge in [0.1, 0.15) is 11.4 Å². The van der Waals surface area contributed by atoms with Crippen LogP contribution in [0.1, 0.15) is 51.0 Å². The first kappa shape index (κ1) is 15.2. The summed E-state index contributed by atoms with van der Waals surface area (Å²) in [5.74, 6) is 1.63. The molecular weight excluding hydrogens is 254 g/mol. The number of methoxy groups -OCH3 is 1. The maximum absolute atomic E-state index is 5.95. The quantitative estimate of drug-likeness (QED) is 0.867. The van der Waals surface area contributed by atoms with Crippen molar-refractivity contribution >= 4 is 5.82 Å². The lowest BCUT2D eigenvalue weighted by atomic mass is 9.95. The second-order valence-corrected chi connectivity index (χ2v) is 5.46. The minimum absolute atomic E-state index is 0.370. The Labute approximate surface area is 121 Å². The molecule has 1 fully saturated rings. The van der Waals surface area contributed by atoms with Gasteiger partial charge in [0.2, 0.25) is 0 Å². The molecule has 2 rings (SSSR count). The molecule has 5 nitrogen and oxygen atoms in total. The molecule has 0 bridgehead atoms. The highest BCUT2D eigenvalue weighted by Gasteiger charge is 2.33. The Balaban J connectivity index is 2.27. The zero-order valence-corrected chi connectivity index (χ0v) is 12.7. The first-order valence-corrected chi connectivity index (χ1v) is 7.43. The monoisotopic (exact) mass is 279 g/mol. The number of aromatic nitrogens is 2. The van der Waals surface area contributed by atoms with Crippen molar-refractivity contribution < 1.29 is 9.47 Å². The van der Waals surface area contributed by atoms with Crippen LogP contribution in [0.15, 0.2) is 6.07 Å². The maximum Gasteiger partial charge on any atom is 0.162 e. The molecule has 0 amide bonds. The second-order valence-electron chi connectivity index (χ2n) is 5.46. The van der Waals surface area contributed by atoms with Crippen LogP contribution in [0.2, 0.25) is 0 Å². The van der Waals surface area contributed by atoms with Gasteiger partial charge in [-0.15, -0.1) is 0 Å². The smallest absolute Gasteiger partial charge is 0.162 e. The standard InChI is InChI=1S/C15H25N3O2/c1-4-8-16-13-10-12(11-19-3)17-14(18-13)15(2)7-5-6-9-20-15/h10H,4-9,11H2,1-3H3,(H,16,17,18). The number of hydrogen-bond donors (Lipinski definition) is 1. The number of hydrogen-bond acceptors (Lipinski definition) is 5. The van der Waals surface area contributed by atoms with Crippen LogP contribution in [0.3, 0.4) is 0 Å². The first-order chi connectivity index (χ1) is 9.68. The fourth-order valence-corrected chi connectivity index (χ4v) is 2.41. The SMILES string of the molecule is CCCNc1cc(COC)nc(C2(C)CCCCO2)n1. The predicted octanol–water partition coefficient (Wildman–Crippen LogP) is 2.86. The summed E-state index contributed by atoms with van der Waals surface area (Å²) in [7, 11) is 1.68. The Morgan fingerprint density at radius 3 is 2.90 bits per heavy atom. The van der Waals surface area contributed by atoms with Gasteiger partial charge in [0.25, 0.3) is 0 Å². The third-order valence-corrected chi connectivity index (χ3v) is 3.57. The van der Waals surface area contributed by atoms with Gasteiger partial charge in [-0.05, 0) is 32.6 Å². The van der Waals surface area contributed by atoms with Crippen molar-refractivity contribution in [1.29, 1.82) is 0 Å². The van der Waals surface area contributed by atoms with Crippen molar-refractivity contribution in [2.45, 2.75) is 51.7 Å². The summed E-state index contributed by atoms with van der Waals surface area (Å²) in [4.78, 5) is 9.27. The molecule has 1 unspecified atom stereocenters. The van der Waals surface area contributed by atoms with E-state index in [0.29, 0.717) is 6.61 Å². The van der Waals surface area contributed by atoms with E-state index in [9.17, 15) is 0 Å². The van der Waals surface area contributed by atoms with Crippen LogP contribution in [0, 0.1) is 0 Å². The maximum atomic E-state index is 5.95. The van der Waals surface area contributed by atoms with Crippen molar-refractivity contribution in [3.05, 3.63) is 17.6 Å². The zero-order chi connectivity index (χ0) is 14.4. The molecule has 1 aromatic heterocycles. The third-order valence-electron chi connectivity index (χ3n) is 3.57. The average Bonchev–Trinajstić information content (AvgIpc) is 2.46. The van der Waals surface area contributed by atoms with E-state index in [1.54, 1.807) is 7.11 Å². The van der Waals surface area contributed by atoms with Gasteiger partial charge in [-0.2, -0.15) is 0 Å². The lowest BCUT2D eigenvalue weighted by Crippen LogP contribution is -2.33. The molecule has 0 radical (unpaired) electrons. The number of ether oxygens (including phenoxy) is 2. The van der Waals surface area contributed by atoms with E-state index in [1.165, 1.54) is 0 Å². The van der Waals surface area contributed by atoms with Crippen molar-refractivity contribution in [3.63, 3.8) is 0 Å². The van der Waals surface area contributed by atoms with Crippen LogP contribution in [0.4, 0.5) is 5.82 Å². The van der Waals surface area contributed by atoms with E-state index in [4.69, 9.17) is 9.47 Å². The Morgan fingerprint density at radius 2 is 2.25 bits per heavy atom. The summed E-state index contributed by atoms with van der Waals surface area (Å²) in [5.41, 5.74) is 0.525. The minimum Gasteiger partial charge on any atom is -0.378 e. The lowest BCUT2D eigenvalue weighted by Gasteiger charge is -2.32. The van der Waals surface area contributed by atoms with Gasteiger partial charge < -0.3 is 14.8 Å². The highest BCUT2D eigenvalue weighted by atomic mass is 16.5. The van der Waals surface area contributed by atoms with Crippen LogP contribution in [-0.4, -0.2) is 30.2 Å². The first-order valence-electron chi connectivity index (χ1n) is 7.43. The molecule has 1 aromatic rings. The summed E-state index contributed by atoms with van der Waals surface area (Å²) in [6.45, 7) is 6.40. The fraction of sp³-hybridized carbons (Fsp3) is 0.733. The summed E-state index contributed by atoms with van der Waals surface area (Å²) in [5, 5.41) is 3.33. The zero-order valence-electron chi connectivity index (χ0n) is 12.7. The van der Waals surface area contributed by atoms with Crippen LogP contribution >= 0.6 is 0 Å². The summed E-state index contributed by atoms with van der Waals surface area (Å²) in [6, 6.07) is 1.95. The molecule has 5 heteroatoms. The van der Waals surface area contributed by atoms with Crippen LogP contribution in [0.5, 0.6) is 0 Å². The van der Waals surface area contributed by atoms with Crippen molar-refractivity contribution in [2.75, 3.05) is 25.6 Å². The second kappa shape index (κ2) is 6.99. The Kier molecular flexibility index (Phi) is 5.31. The number of rotatable bonds is 6. The third kappa shape index (κ3) is 3.67. The van der Waals surface area contributed by atoms with E-state index >= 15 is 0 Å². The molecule has 0 aliphatic carbocycles. The summed E-state index contributed by atoms with van der Waals surface area (Å²) < 4.78 is 11.2. The minimum atomic E-state index is -0.370. The Hall–Kier alpha value is -1.20. The molecule has 1 N–H and O–H groups in total. The summed E-state index contributed by atoms with van der Waals surface area (Å²) in [6.07, 6.45) is 4.31. The van der Waals surface area contributed by atoms with Gasteiger partial charge >= 0.3 is 0 Å². The van der Waals surface area contributed by atoms with E-state index in [0.717, 1.165) is 56.2 Å². The van der Waals surface area contributed by atoms with Gasteiger partial charge in [-0.25, -0.2) is 9.97 Å². The van der Waals surface area contributed by atoms with E-state index in [-0.39, 0.29) is 5.60 Å². The van der Waals surface area contributed by atoms with Gasteiger partial charge in [0, 0.05) is 26.3 Å². The normalized spacial score (nSPS) is 22.8. The van der Waals surface area contributed by atoms with E-state index < -0.39 is 0 Å². The molecule has 112 valence electrons. The molecule has 2 heterocycles. The largest absolute Gasteiger partial charge is 0.378 e. The number of nitrogens with zero attached hydrogens (tertiary/aromatic N) is 2. The molecule has 0 saturated carbocycles. The molecule has 1 aliphatic rings. The highest BCUT2D eigenvalue weighted by Crippen LogP contribution is 2.33. The topological polar surface area (TPSA) is 56.3 Å². The molecular formula is C15H25N3O2. The molecule has 1 saturated heterocycles. The molecule has 0 spiro atoms. The van der Waals surface area contributed by atoms with Gasteiger partial charge in [-0.1, -0.05) is 6.92 Å². The molecule has 1 aliphatic heterocycles. The van der Waals surface area contributed by atoms with Gasteiger partial charge in [0.05, 0.1) is 12.3 Å². The van der Waals surface area contributed by atoms with Crippen molar-refractivity contribution in [2.24, 2.45) is 0 Å². The lowest BCUT2D eigenvalue weighted by molar-refractivity contribution is -0.0762. The Bertz CT molecular complexity index is 431. The van der Waals surface area contributed by atoms with Crippen molar-refractivity contribution in [1.82, 2.24) is 9.97 Å². The van der Waals surface area contributed by atoms with E-state index in [2.05, 4.69) is 29.1 Å². The van der Waals surface area contributed by atoms with Gasteiger partial charge in [0.15, 0.2) is 5.82 Å². The predicted molar refractivity (Wildman–Crippen MR) is 78.7 cm³/mol. The average molecular weight is 279 g/mol. The summed E-state index contributed by atoms with van der Waals surface area (Å²) >= 11 is 0. The van der Waals surface area contributed by atoms with E-state index in [1.807, 2.05) is 6.07 Å². The fourth-order valence-electron chi connectivity index (χ4n) is 2.41.